The molecular formula is C22H40N4O2. The molecule has 0 amide bonds. The van der Waals surface area contributed by atoms with Crippen molar-refractivity contribution < 1.29 is 9.52 Å². The molecular weight excluding hydrogens is 352 g/mol. The van der Waals surface area contributed by atoms with Gasteiger partial charge in [0, 0.05) is 26.2 Å². The lowest BCUT2D eigenvalue weighted by Crippen LogP contribution is -2.40. The minimum absolute atomic E-state index is 0.249. The Morgan fingerprint density at radius 1 is 1.25 bits per heavy atom. The highest BCUT2D eigenvalue weighted by Crippen LogP contribution is 2.23. The molecule has 1 aromatic rings. The van der Waals surface area contributed by atoms with Gasteiger partial charge in [-0.25, -0.2) is 4.99 Å². The molecule has 3 atom stereocenters. The third-order valence-electron chi connectivity index (χ3n) is 5.30. The van der Waals surface area contributed by atoms with Crippen LogP contribution in [0.2, 0.25) is 0 Å². The second-order valence-corrected chi connectivity index (χ2v) is 8.72. The van der Waals surface area contributed by atoms with Crippen molar-refractivity contribution in [3.63, 3.8) is 0 Å². The predicted octanol–water partition coefficient (Wildman–Crippen LogP) is 3.11. The summed E-state index contributed by atoms with van der Waals surface area (Å²) in [5.41, 5.74) is -1.11. The molecule has 28 heavy (non-hydrogen) atoms. The van der Waals surface area contributed by atoms with Crippen LogP contribution < -0.4 is 10.6 Å². The molecule has 1 saturated heterocycles. The number of aliphatic hydroxyl groups is 1. The van der Waals surface area contributed by atoms with Gasteiger partial charge in [-0.3, -0.25) is 0 Å². The highest BCUT2D eigenvalue weighted by atomic mass is 16.4. The van der Waals surface area contributed by atoms with Crippen LogP contribution in [-0.4, -0.2) is 55.2 Å². The zero-order chi connectivity index (χ0) is 20.6. The monoisotopic (exact) mass is 392 g/mol. The Morgan fingerprint density at radius 2 is 1.96 bits per heavy atom. The van der Waals surface area contributed by atoms with Gasteiger partial charge in [-0.05, 0) is 70.5 Å². The van der Waals surface area contributed by atoms with E-state index in [-0.39, 0.29) is 6.54 Å². The molecule has 0 radical (unpaired) electrons. The minimum atomic E-state index is -1.11. The van der Waals surface area contributed by atoms with Crippen molar-refractivity contribution in [3.05, 3.63) is 23.7 Å². The summed E-state index contributed by atoms with van der Waals surface area (Å²) < 4.78 is 5.56. The number of hydrogen-bond acceptors (Lipinski definition) is 4. The molecule has 1 fully saturated rings. The Balaban J connectivity index is 1.73. The van der Waals surface area contributed by atoms with Gasteiger partial charge < -0.3 is 25.1 Å². The Morgan fingerprint density at radius 3 is 2.57 bits per heavy atom. The van der Waals surface area contributed by atoms with Gasteiger partial charge in [-0.15, -0.1) is 0 Å². The maximum Gasteiger partial charge on any atom is 0.191 e. The lowest BCUT2D eigenvalue weighted by Gasteiger charge is -2.34. The average molecular weight is 393 g/mol. The van der Waals surface area contributed by atoms with Crippen LogP contribution in [0, 0.1) is 18.8 Å². The van der Waals surface area contributed by atoms with E-state index in [9.17, 15) is 5.11 Å². The molecule has 3 N–H and O–H groups in total. The first-order chi connectivity index (χ1) is 13.3. The number of furan rings is 1. The summed E-state index contributed by atoms with van der Waals surface area (Å²) >= 11 is 0. The normalized spacial score (nSPS) is 23.4. The number of hydrogen-bond donors (Lipinski definition) is 3. The van der Waals surface area contributed by atoms with Crippen LogP contribution in [0.25, 0.3) is 0 Å². The second kappa shape index (κ2) is 10.9. The first kappa shape index (κ1) is 22.8. The smallest absolute Gasteiger partial charge is 0.191 e. The van der Waals surface area contributed by atoms with Crippen molar-refractivity contribution in [1.82, 2.24) is 15.5 Å². The number of unbranched alkanes of at least 4 members (excludes halogenated alkanes) is 1. The van der Waals surface area contributed by atoms with E-state index in [2.05, 4.69) is 34.4 Å². The second-order valence-electron chi connectivity index (χ2n) is 8.72. The van der Waals surface area contributed by atoms with Gasteiger partial charge in [-0.2, -0.15) is 0 Å². The summed E-state index contributed by atoms with van der Waals surface area (Å²) in [6, 6.07) is 3.67. The molecule has 0 saturated carbocycles. The van der Waals surface area contributed by atoms with E-state index >= 15 is 0 Å². The zero-order valence-corrected chi connectivity index (χ0v) is 18.4. The lowest BCUT2D eigenvalue weighted by molar-refractivity contribution is 0.0428. The van der Waals surface area contributed by atoms with Gasteiger partial charge in [0.25, 0.3) is 0 Å². The number of nitrogens with one attached hydrogen (secondary N) is 2. The van der Waals surface area contributed by atoms with E-state index < -0.39 is 5.60 Å². The van der Waals surface area contributed by atoms with Crippen molar-refractivity contribution in [2.75, 3.05) is 39.3 Å². The number of rotatable bonds is 9. The molecule has 3 unspecified atom stereocenters. The molecule has 160 valence electrons. The molecule has 1 aliphatic heterocycles. The van der Waals surface area contributed by atoms with Crippen molar-refractivity contribution in [1.29, 1.82) is 0 Å². The van der Waals surface area contributed by atoms with Crippen molar-refractivity contribution in [2.45, 2.75) is 59.5 Å². The maximum atomic E-state index is 10.7. The molecule has 0 aliphatic carbocycles. The van der Waals surface area contributed by atoms with Crippen LogP contribution in [0.5, 0.6) is 0 Å². The van der Waals surface area contributed by atoms with E-state index in [1.165, 1.54) is 32.5 Å². The molecule has 1 aliphatic rings. The summed E-state index contributed by atoms with van der Waals surface area (Å²) in [5, 5.41) is 17.3. The van der Waals surface area contributed by atoms with Crippen LogP contribution >= 0.6 is 0 Å². The topological polar surface area (TPSA) is 73.0 Å². The van der Waals surface area contributed by atoms with E-state index in [1.54, 1.807) is 6.92 Å². The lowest BCUT2D eigenvalue weighted by atomic mass is 9.92. The average Bonchev–Trinajstić information content (AvgIpc) is 3.06. The van der Waals surface area contributed by atoms with E-state index in [0.717, 1.165) is 43.1 Å². The summed E-state index contributed by atoms with van der Waals surface area (Å²) in [6.07, 6.45) is 3.66. The summed E-state index contributed by atoms with van der Waals surface area (Å²) in [6.45, 7) is 16.0. The van der Waals surface area contributed by atoms with Crippen LogP contribution in [-0.2, 0) is 5.60 Å². The van der Waals surface area contributed by atoms with E-state index in [0.29, 0.717) is 5.76 Å². The summed E-state index contributed by atoms with van der Waals surface area (Å²) in [5.74, 6) is 3.72. The first-order valence-electron chi connectivity index (χ1n) is 10.8. The van der Waals surface area contributed by atoms with Crippen molar-refractivity contribution in [2.24, 2.45) is 16.8 Å². The van der Waals surface area contributed by atoms with Gasteiger partial charge in [-0.1, -0.05) is 13.8 Å². The van der Waals surface area contributed by atoms with Gasteiger partial charge in [0.15, 0.2) is 5.96 Å². The first-order valence-corrected chi connectivity index (χ1v) is 10.8. The highest BCUT2D eigenvalue weighted by molar-refractivity contribution is 5.79. The van der Waals surface area contributed by atoms with Gasteiger partial charge in [0.1, 0.15) is 17.1 Å². The fourth-order valence-corrected chi connectivity index (χ4v) is 4.02. The SMILES string of the molecule is CCNC(=NCC(C)(O)c1ccc(C)o1)NCCCCN1CC(C)CC(C)C1. The Hall–Kier alpha value is -1.53. The predicted molar refractivity (Wildman–Crippen MR) is 116 cm³/mol. The summed E-state index contributed by atoms with van der Waals surface area (Å²) in [4.78, 5) is 7.16. The van der Waals surface area contributed by atoms with Gasteiger partial charge in [0.2, 0.25) is 0 Å². The molecule has 1 aromatic heterocycles. The number of likely N-dealkylation sites (tertiary alicyclic amines) is 1. The number of guanidine groups is 1. The molecule has 6 nitrogen and oxygen atoms in total. The van der Waals surface area contributed by atoms with Crippen LogP contribution in [0.15, 0.2) is 21.5 Å². The fraction of sp³-hybridized carbons (Fsp3) is 0.773. The number of nitrogens with zero attached hydrogens (tertiary/aromatic N) is 2. The van der Waals surface area contributed by atoms with Gasteiger partial charge in [0.05, 0.1) is 6.54 Å². The third-order valence-corrected chi connectivity index (χ3v) is 5.30. The standard InChI is InChI=1S/C22H40N4O2/c1-6-23-21(25-16-22(5,27)20-10-9-19(4)28-20)24-11-7-8-12-26-14-17(2)13-18(3)15-26/h9-10,17-18,27H,6-8,11-16H2,1-5H3,(H2,23,24,25). The Kier molecular flexibility index (Phi) is 8.83. The molecule has 2 rings (SSSR count). The maximum absolute atomic E-state index is 10.7. The number of piperidine rings is 1. The number of aliphatic imine (C=N–C) groups is 1. The van der Waals surface area contributed by atoms with Gasteiger partial charge >= 0.3 is 0 Å². The highest BCUT2D eigenvalue weighted by Gasteiger charge is 2.26. The van der Waals surface area contributed by atoms with Crippen molar-refractivity contribution >= 4 is 5.96 Å². The number of aryl methyl sites for hydroxylation is 1. The molecule has 0 bridgehead atoms. The third kappa shape index (κ3) is 7.47. The minimum Gasteiger partial charge on any atom is -0.463 e. The quantitative estimate of drug-likeness (QED) is 0.342. The van der Waals surface area contributed by atoms with Crippen LogP contribution in [0.4, 0.5) is 0 Å². The Bertz CT molecular complexity index is 601. The van der Waals surface area contributed by atoms with E-state index in [4.69, 9.17) is 4.42 Å². The molecule has 2 heterocycles. The van der Waals surface area contributed by atoms with E-state index in [1.807, 2.05) is 26.0 Å². The van der Waals surface area contributed by atoms with Crippen molar-refractivity contribution in [3.8, 4) is 0 Å². The largest absolute Gasteiger partial charge is 0.463 e. The molecule has 0 aromatic carbocycles. The van der Waals surface area contributed by atoms with Crippen LogP contribution in [0.1, 0.15) is 58.5 Å². The zero-order valence-electron chi connectivity index (χ0n) is 18.4. The fourth-order valence-electron chi connectivity index (χ4n) is 4.02. The Labute approximate surface area is 170 Å². The van der Waals surface area contributed by atoms with Crippen LogP contribution in [0.3, 0.4) is 0 Å². The molecule has 6 heteroatoms. The molecule has 0 spiro atoms. The summed E-state index contributed by atoms with van der Waals surface area (Å²) in [7, 11) is 0.